The molecule has 9 nitrogen and oxygen atoms in total. The van der Waals surface area contributed by atoms with Crippen LogP contribution in [0.3, 0.4) is 0 Å². The van der Waals surface area contributed by atoms with Crippen molar-refractivity contribution in [1.82, 2.24) is 25.1 Å². The number of aliphatic hydroxyl groups is 1. The van der Waals surface area contributed by atoms with E-state index in [-0.39, 0.29) is 18.3 Å². The van der Waals surface area contributed by atoms with Gasteiger partial charge in [0.15, 0.2) is 5.82 Å². The second-order valence-corrected chi connectivity index (χ2v) is 6.20. The van der Waals surface area contributed by atoms with Gasteiger partial charge in [-0.2, -0.15) is 5.10 Å². The summed E-state index contributed by atoms with van der Waals surface area (Å²) in [6, 6.07) is 1.91. The normalized spacial score (nSPS) is 16.6. The van der Waals surface area contributed by atoms with E-state index in [2.05, 4.69) is 38.0 Å². The Kier molecular flexibility index (Phi) is 5.85. The van der Waals surface area contributed by atoms with Crippen LogP contribution in [0.5, 0.6) is 0 Å². The topological polar surface area (TPSA) is 136 Å². The first-order valence-corrected chi connectivity index (χ1v) is 8.89. The Balaban J connectivity index is 2.01. The monoisotopic (exact) mass is 381 g/mol. The Morgan fingerprint density at radius 1 is 1.46 bits per heavy atom. The van der Waals surface area contributed by atoms with Crippen LogP contribution in [-0.4, -0.2) is 55.9 Å². The van der Waals surface area contributed by atoms with Crippen LogP contribution in [0.25, 0.3) is 17.0 Å². The summed E-state index contributed by atoms with van der Waals surface area (Å²) < 4.78 is 0. The lowest BCUT2D eigenvalue weighted by atomic mass is 10.00. The number of amides is 1. The maximum Gasteiger partial charge on any atom is 0.248 e. The summed E-state index contributed by atoms with van der Waals surface area (Å²) in [5.74, 6) is 0.401. The molecule has 0 spiro atoms. The third-order valence-corrected chi connectivity index (χ3v) is 4.50. The van der Waals surface area contributed by atoms with Gasteiger partial charge in [0.2, 0.25) is 5.91 Å². The van der Waals surface area contributed by atoms with Gasteiger partial charge in [0.1, 0.15) is 17.8 Å². The van der Waals surface area contributed by atoms with Crippen molar-refractivity contribution in [1.29, 1.82) is 0 Å². The summed E-state index contributed by atoms with van der Waals surface area (Å²) in [6.07, 6.45) is 8.47. The van der Waals surface area contributed by atoms with Gasteiger partial charge in [-0.25, -0.2) is 9.98 Å². The van der Waals surface area contributed by atoms with E-state index in [4.69, 9.17) is 10.8 Å². The van der Waals surface area contributed by atoms with E-state index in [1.54, 1.807) is 6.20 Å². The molecule has 1 aliphatic carbocycles. The highest BCUT2D eigenvalue weighted by Crippen LogP contribution is 2.21. The number of nitrogens with zero attached hydrogens (tertiary/aromatic N) is 4. The number of H-pyrrole nitrogens is 2. The number of aromatic nitrogens is 4. The van der Waals surface area contributed by atoms with Gasteiger partial charge in [-0.3, -0.25) is 9.89 Å². The van der Waals surface area contributed by atoms with Crippen molar-refractivity contribution >= 4 is 29.6 Å². The minimum Gasteiger partial charge on any atom is -0.387 e. The molecule has 0 radical (unpaired) electrons. The molecule has 0 bridgehead atoms. The number of allylic oxidation sites excluding steroid dienone is 4. The summed E-state index contributed by atoms with van der Waals surface area (Å²) in [5.41, 5.74) is 8.87. The maximum absolute atomic E-state index is 11.8. The Hall–Kier alpha value is -3.46. The fraction of sp³-hybridized carbons (Fsp3) is 0.263. The third kappa shape index (κ3) is 3.94. The smallest absolute Gasteiger partial charge is 0.248 e. The number of hydrogen-bond acceptors (Lipinski definition) is 6. The van der Waals surface area contributed by atoms with Crippen molar-refractivity contribution in [2.45, 2.75) is 19.9 Å². The molecule has 2 aromatic heterocycles. The lowest BCUT2D eigenvalue weighted by Crippen LogP contribution is -2.33. The molecule has 0 aromatic carbocycles. The van der Waals surface area contributed by atoms with Gasteiger partial charge in [0.05, 0.1) is 17.6 Å². The second-order valence-electron chi connectivity index (χ2n) is 6.20. The molecule has 2 aromatic rings. The standard InChI is InChI=1S/C19H23N7O2/c1-3-26(16(28)11-27)10-15-23-17(18(24-15)19(20)21-2)13-6-4-12(5-7-13)14-8-9-22-25-14/h4-6,8-9,27H,2-3,7,10-11,20H2,1H3,(H,22,25)(H,23,24)/b17-13+,19-18+. The molecule has 0 saturated carbocycles. The molecule has 0 fully saturated rings. The number of aromatic amines is 2. The lowest BCUT2D eigenvalue weighted by Gasteiger charge is -2.18. The van der Waals surface area contributed by atoms with E-state index in [0.717, 1.165) is 22.2 Å². The van der Waals surface area contributed by atoms with Crippen LogP contribution in [0.1, 0.15) is 24.9 Å². The van der Waals surface area contributed by atoms with E-state index in [9.17, 15) is 4.79 Å². The van der Waals surface area contributed by atoms with E-state index in [1.165, 1.54) is 4.90 Å². The van der Waals surface area contributed by atoms with Crippen molar-refractivity contribution in [3.8, 4) is 0 Å². The third-order valence-electron chi connectivity index (χ3n) is 4.50. The van der Waals surface area contributed by atoms with Crippen molar-refractivity contribution < 1.29 is 9.90 Å². The highest BCUT2D eigenvalue weighted by molar-refractivity contribution is 5.80. The van der Waals surface area contributed by atoms with E-state index in [0.29, 0.717) is 24.1 Å². The number of nitrogens with two attached hydrogens (primary N) is 1. The minimum atomic E-state index is -0.544. The molecule has 0 saturated heterocycles. The van der Waals surface area contributed by atoms with Gasteiger partial charge < -0.3 is 20.7 Å². The van der Waals surface area contributed by atoms with Crippen LogP contribution >= 0.6 is 0 Å². The Morgan fingerprint density at radius 2 is 2.29 bits per heavy atom. The van der Waals surface area contributed by atoms with Crippen molar-refractivity contribution in [3.05, 3.63) is 52.7 Å². The van der Waals surface area contributed by atoms with Crippen LogP contribution in [-0.2, 0) is 11.3 Å². The summed E-state index contributed by atoms with van der Waals surface area (Å²) in [6.45, 7) is 5.46. The quantitative estimate of drug-likeness (QED) is 0.495. The second kappa shape index (κ2) is 8.49. The predicted octanol–water partition coefficient (Wildman–Crippen LogP) is -0.607. The van der Waals surface area contributed by atoms with Gasteiger partial charge in [0.25, 0.3) is 0 Å². The number of imidazole rings is 1. The van der Waals surface area contributed by atoms with E-state index >= 15 is 0 Å². The minimum absolute atomic E-state index is 0.206. The highest BCUT2D eigenvalue weighted by Gasteiger charge is 2.14. The van der Waals surface area contributed by atoms with Crippen molar-refractivity contribution in [3.63, 3.8) is 0 Å². The first-order valence-electron chi connectivity index (χ1n) is 8.89. The number of likely N-dealkylation sites (N-methyl/N-ethyl adjacent to an activating group) is 1. The van der Waals surface area contributed by atoms with E-state index < -0.39 is 6.61 Å². The fourth-order valence-electron chi connectivity index (χ4n) is 2.99. The number of carbonyl (C=O) groups is 1. The number of carbonyl (C=O) groups excluding carboxylic acids is 1. The zero-order valence-corrected chi connectivity index (χ0v) is 15.6. The van der Waals surface area contributed by atoms with Crippen molar-refractivity contribution in [2.75, 3.05) is 13.2 Å². The van der Waals surface area contributed by atoms with Gasteiger partial charge in [0, 0.05) is 12.7 Å². The summed E-state index contributed by atoms with van der Waals surface area (Å²) in [7, 11) is 0. The molecule has 3 rings (SSSR count). The lowest BCUT2D eigenvalue weighted by molar-refractivity contribution is -0.134. The van der Waals surface area contributed by atoms with Crippen molar-refractivity contribution in [2.24, 2.45) is 10.7 Å². The number of aliphatic hydroxyl groups excluding tert-OH is 1. The fourth-order valence-corrected chi connectivity index (χ4v) is 2.99. The van der Waals surface area contributed by atoms with Gasteiger partial charge in [-0.05, 0) is 37.3 Å². The average Bonchev–Trinajstić information content (AvgIpc) is 3.41. The molecule has 0 unspecified atom stereocenters. The number of rotatable bonds is 6. The SMILES string of the molecule is C=N/C(N)=c1/nc(CN(CC)C(=O)CO)[nH]/c1=C1\C=CC(c2cc[nH]n2)=CC1. The first-order chi connectivity index (χ1) is 13.6. The average molecular weight is 381 g/mol. The molecule has 0 aliphatic heterocycles. The molecule has 2 heterocycles. The van der Waals surface area contributed by atoms with Gasteiger partial charge >= 0.3 is 0 Å². The van der Waals surface area contributed by atoms with Crippen LogP contribution < -0.4 is 16.4 Å². The zero-order valence-electron chi connectivity index (χ0n) is 15.6. The van der Waals surface area contributed by atoms with Gasteiger partial charge in [-0.15, -0.1) is 0 Å². The first kappa shape index (κ1) is 19.3. The number of aliphatic imine (C=N–C) groups is 1. The van der Waals surface area contributed by atoms with Crippen LogP contribution in [0.15, 0.2) is 35.5 Å². The molecular weight excluding hydrogens is 358 g/mol. The Labute approximate surface area is 161 Å². The molecule has 28 heavy (non-hydrogen) atoms. The summed E-state index contributed by atoms with van der Waals surface area (Å²) in [4.78, 5) is 24.9. The van der Waals surface area contributed by atoms with Crippen LogP contribution in [0.2, 0.25) is 0 Å². The Bertz CT molecular complexity index is 1040. The number of hydrogen-bond donors (Lipinski definition) is 4. The predicted molar refractivity (Wildman–Crippen MR) is 107 cm³/mol. The molecule has 1 aliphatic rings. The summed E-state index contributed by atoms with van der Waals surface area (Å²) >= 11 is 0. The number of nitrogens with one attached hydrogen (secondary N) is 2. The molecule has 0 atom stereocenters. The van der Waals surface area contributed by atoms with E-state index in [1.807, 2.05) is 25.1 Å². The van der Waals surface area contributed by atoms with Crippen LogP contribution in [0.4, 0.5) is 0 Å². The molecule has 146 valence electrons. The van der Waals surface area contributed by atoms with Crippen LogP contribution in [0, 0.1) is 0 Å². The molecule has 9 heteroatoms. The van der Waals surface area contributed by atoms with Gasteiger partial charge in [-0.1, -0.05) is 18.2 Å². The summed E-state index contributed by atoms with van der Waals surface area (Å²) in [5, 5.41) is 17.3. The molecule has 5 N–H and O–H groups in total. The largest absolute Gasteiger partial charge is 0.387 e. The molecule has 1 amide bonds. The zero-order chi connectivity index (χ0) is 20.1. The highest BCUT2D eigenvalue weighted by atomic mass is 16.3. The molecular formula is C19H23N7O2. The maximum atomic E-state index is 11.8. The Morgan fingerprint density at radius 3 is 2.86 bits per heavy atom.